The van der Waals surface area contributed by atoms with Crippen LogP contribution in [0.25, 0.3) is 0 Å². The van der Waals surface area contributed by atoms with Gasteiger partial charge in [0.1, 0.15) is 11.6 Å². The Bertz CT molecular complexity index is 397. The molecule has 0 spiro atoms. The summed E-state index contributed by atoms with van der Waals surface area (Å²) in [6, 6.07) is 2.79. The maximum atomic E-state index is 4.60. The van der Waals surface area contributed by atoms with Crippen molar-refractivity contribution < 1.29 is 0 Å². The van der Waals surface area contributed by atoms with Crippen LogP contribution in [0, 0.1) is 12.8 Å². The number of piperidine rings is 1. The van der Waals surface area contributed by atoms with Crippen molar-refractivity contribution in [3.8, 4) is 0 Å². The molecule has 4 heteroatoms. The molecule has 0 bridgehead atoms. The van der Waals surface area contributed by atoms with E-state index in [1.807, 2.05) is 13.1 Å². The molecule has 1 N–H and O–H groups in total. The Morgan fingerprint density at radius 1 is 1.28 bits per heavy atom. The van der Waals surface area contributed by atoms with Crippen molar-refractivity contribution in [1.82, 2.24) is 15.3 Å². The summed E-state index contributed by atoms with van der Waals surface area (Å²) in [7, 11) is 0. The summed E-state index contributed by atoms with van der Waals surface area (Å²) in [5.41, 5.74) is 0. The van der Waals surface area contributed by atoms with Crippen molar-refractivity contribution in [2.45, 2.75) is 38.6 Å². The van der Waals surface area contributed by atoms with Gasteiger partial charge in [-0.15, -0.1) is 0 Å². The maximum Gasteiger partial charge on any atom is 0.132 e. The first-order chi connectivity index (χ1) is 8.83. The molecule has 0 radical (unpaired) electrons. The number of hydrogen-bond acceptors (Lipinski definition) is 4. The van der Waals surface area contributed by atoms with Crippen LogP contribution in [0.4, 0.5) is 5.82 Å². The van der Waals surface area contributed by atoms with Gasteiger partial charge in [-0.25, -0.2) is 9.97 Å². The van der Waals surface area contributed by atoms with Crippen molar-refractivity contribution in [1.29, 1.82) is 0 Å². The number of hydrogen-bond donors (Lipinski definition) is 1. The van der Waals surface area contributed by atoms with Crippen molar-refractivity contribution in [3.63, 3.8) is 0 Å². The minimum atomic E-state index is 0.731. The van der Waals surface area contributed by atoms with Gasteiger partial charge in [-0.3, -0.25) is 0 Å². The lowest BCUT2D eigenvalue weighted by Crippen LogP contribution is -2.37. The van der Waals surface area contributed by atoms with E-state index in [1.165, 1.54) is 45.3 Å². The third kappa shape index (κ3) is 2.80. The quantitative estimate of drug-likeness (QED) is 0.879. The predicted molar refractivity (Wildman–Crippen MR) is 72.7 cm³/mol. The first kappa shape index (κ1) is 11.9. The van der Waals surface area contributed by atoms with E-state index in [0.29, 0.717) is 0 Å². The fourth-order valence-corrected chi connectivity index (χ4v) is 2.76. The van der Waals surface area contributed by atoms with Crippen molar-refractivity contribution >= 4 is 5.82 Å². The second-order valence-electron chi connectivity index (χ2n) is 5.54. The molecule has 4 nitrogen and oxygen atoms in total. The van der Waals surface area contributed by atoms with Crippen LogP contribution in [0.2, 0.25) is 0 Å². The Hall–Kier alpha value is -1.16. The molecule has 1 aliphatic heterocycles. The van der Waals surface area contributed by atoms with E-state index in [1.54, 1.807) is 0 Å². The fraction of sp³-hybridized carbons (Fsp3) is 0.714. The third-order valence-electron chi connectivity index (χ3n) is 3.96. The lowest BCUT2D eigenvalue weighted by Gasteiger charge is -2.31. The van der Waals surface area contributed by atoms with E-state index >= 15 is 0 Å². The summed E-state index contributed by atoms with van der Waals surface area (Å²) in [5.74, 6) is 2.83. The van der Waals surface area contributed by atoms with Crippen LogP contribution in [0.15, 0.2) is 12.3 Å². The van der Waals surface area contributed by atoms with Crippen LogP contribution >= 0.6 is 0 Å². The van der Waals surface area contributed by atoms with E-state index in [9.17, 15) is 0 Å². The summed E-state index contributed by atoms with van der Waals surface area (Å²) >= 11 is 0. The summed E-state index contributed by atoms with van der Waals surface area (Å²) in [5, 5.41) is 3.44. The van der Waals surface area contributed by atoms with Gasteiger partial charge in [0.2, 0.25) is 0 Å². The van der Waals surface area contributed by atoms with Gasteiger partial charge in [-0.1, -0.05) is 0 Å². The van der Waals surface area contributed by atoms with Gasteiger partial charge in [-0.2, -0.15) is 0 Å². The van der Waals surface area contributed by atoms with Crippen molar-refractivity contribution in [2.75, 3.05) is 24.5 Å². The van der Waals surface area contributed by atoms with Gasteiger partial charge in [0.15, 0.2) is 0 Å². The molecular formula is C14H22N4. The normalized spacial score (nSPS) is 20.9. The maximum absolute atomic E-state index is 4.60. The molecule has 18 heavy (non-hydrogen) atoms. The van der Waals surface area contributed by atoms with Crippen LogP contribution in [-0.2, 0) is 0 Å². The molecule has 1 aromatic rings. The zero-order chi connectivity index (χ0) is 12.4. The van der Waals surface area contributed by atoms with Gasteiger partial charge >= 0.3 is 0 Å². The Balaban J connectivity index is 1.71. The van der Waals surface area contributed by atoms with Crippen molar-refractivity contribution in [2.24, 2.45) is 5.92 Å². The molecular weight excluding hydrogens is 224 g/mol. The van der Waals surface area contributed by atoms with Crippen LogP contribution in [-0.4, -0.2) is 35.6 Å². The zero-order valence-corrected chi connectivity index (χ0v) is 11.1. The van der Waals surface area contributed by atoms with Gasteiger partial charge in [0.25, 0.3) is 0 Å². The van der Waals surface area contributed by atoms with E-state index in [-0.39, 0.29) is 0 Å². The predicted octanol–water partition coefficient (Wildman–Crippen LogP) is 1.75. The summed E-state index contributed by atoms with van der Waals surface area (Å²) in [6.45, 7) is 5.49. The van der Waals surface area contributed by atoms with Crippen molar-refractivity contribution in [3.05, 3.63) is 18.1 Å². The van der Waals surface area contributed by atoms with Crippen LogP contribution in [0.1, 0.15) is 31.5 Å². The lowest BCUT2D eigenvalue weighted by atomic mass is 9.97. The molecule has 2 aliphatic rings. The molecule has 1 saturated heterocycles. The first-order valence-corrected chi connectivity index (χ1v) is 7.10. The molecule has 98 valence electrons. The fourth-order valence-electron chi connectivity index (χ4n) is 2.76. The Labute approximate surface area is 109 Å². The number of aromatic nitrogens is 2. The molecule has 0 atom stereocenters. The molecule has 1 aromatic heterocycles. The number of rotatable bonds is 4. The lowest BCUT2D eigenvalue weighted by molar-refractivity contribution is 0.372. The highest BCUT2D eigenvalue weighted by atomic mass is 15.2. The molecule has 0 aromatic carbocycles. The molecule has 2 fully saturated rings. The molecule has 3 rings (SSSR count). The standard InChI is InChI=1S/C14H22N4/c1-11-16-9-6-14(17-11)18(13-2-3-13)10-12-4-7-15-8-5-12/h6,9,12-13,15H,2-5,7-8,10H2,1H3. The molecule has 0 unspecified atom stereocenters. The Kier molecular flexibility index (Phi) is 3.46. The average Bonchev–Trinajstić information content (AvgIpc) is 3.21. The second kappa shape index (κ2) is 5.22. The highest BCUT2D eigenvalue weighted by Gasteiger charge is 2.31. The SMILES string of the molecule is Cc1nccc(N(CC2CCNCC2)C2CC2)n1. The van der Waals surface area contributed by atoms with Crippen LogP contribution in [0.5, 0.6) is 0 Å². The topological polar surface area (TPSA) is 41.1 Å². The molecule has 2 heterocycles. The highest BCUT2D eigenvalue weighted by Crippen LogP contribution is 2.32. The zero-order valence-electron chi connectivity index (χ0n) is 11.1. The van der Waals surface area contributed by atoms with Gasteiger partial charge in [-0.05, 0) is 57.7 Å². The minimum absolute atomic E-state index is 0.731. The molecule has 0 amide bonds. The number of aryl methyl sites for hydroxylation is 1. The summed E-state index contributed by atoms with van der Waals surface area (Å²) < 4.78 is 0. The molecule has 1 aliphatic carbocycles. The van der Waals surface area contributed by atoms with Gasteiger partial charge in [0.05, 0.1) is 0 Å². The van der Waals surface area contributed by atoms with E-state index in [2.05, 4.69) is 26.3 Å². The van der Waals surface area contributed by atoms with E-state index < -0.39 is 0 Å². The number of anilines is 1. The average molecular weight is 246 g/mol. The van der Waals surface area contributed by atoms with E-state index in [0.717, 1.165) is 23.6 Å². The van der Waals surface area contributed by atoms with E-state index in [4.69, 9.17) is 0 Å². The molecule has 1 saturated carbocycles. The number of nitrogens with one attached hydrogen (secondary N) is 1. The summed E-state index contributed by atoms with van der Waals surface area (Å²) in [6.07, 6.45) is 7.14. The van der Waals surface area contributed by atoms with Crippen LogP contribution < -0.4 is 10.2 Å². The van der Waals surface area contributed by atoms with Crippen LogP contribution in [0.3, 0.4) is 0 Å². The van der Waals surface area contributed by atoms with Gasteiger partial charge < -0.3 is 10.2 Å². The first-order valence-electron chi connectivity index (χ1n) is 7.10. The third-order valence-corrected chi connectivity index (χ3v) is 3.96. The largest absolute Gasteiger partial charge is 0.353 e. The minimum Gasteiger partial charge on any atom is -0.353 e. The van der Waals surface area contributed by atoms with Gasteiger partial charge in [0, 0.05) is 18.8 Å². The number of nitrogens with zero attached hydrogens (tertiary/aromatic N) is 3. The Morgan fingerprint density at radius 2 is 2.06 bits per heavy atom. The second-order valence-corrected chi connectivity index (χ2v) is 5.54. The highest BCUT2D eigenvalue weighted by molar-refractivity contribution is 5.40. The monoisotopic (exact) mass is 246 g/mol. The smallest absolute Gasteiger partial charge is 0.132 e. The summed E-state index contributed by atoms with van der Waals surface area (Å²) in [4.78, 5) is 11.3. The Morgan fingerprint density at radius 3 is 2.72 bits per heavy atom.